The van der Waals surface area contributed by atoms with Crippen molar-refractivity contribution in [3.63, 3.8) is 0 Å². The van der Waals surface area contributed by atoms with Crippen LogP contribution in [0.15, 0.2) is 24.3 Å². The summed E-state index contributed by atoms with van der Waals surface area (Å²) < 4.78 is 46.6. The number of hydrogen-bond acceptors (Lipinski definition) is 5. The van der Waals surface area contributed by atoms with Gasteiger partial charge in [0.05, 0.1) is 17.3 Å². The van der Waals surface area contributed by atoms with E-state index in [1.165, 1.54) is 9.58 Å². The van der Waals surface area contributed by atoms with Gasteiger partial charge in [0.25, 0.3) is 11.8 Å². The lowest BCUT2D eigenvalue weighted by molar-refractivity contribution is -0.185. The van der Waals surface area contributed by atoms with Gasteiger partial charge in [-0.25, -0.2) is 4.68 Å². The summed E-state index contributed by atoms with van der Waals surface area (Å²) in [5.41, 5.74) is 0.869. The first kappa shape index (κ1) is 21.1. The minimum atomic E-state index is -4.31. The first-order valence-corrected chi connectivity index (χ1v) is 9.96. The predicted molar refractivity (Wildman–Crippen MR) is 104 cm³/mol. The molecule has 0 bridgehead atoms. The summed E-state index contributed by atoms with van der Waals surface area (Å²) in [4.78, 5) is 27.1. The van der Waals surface area contributed by atoms with Gasteiger partial charge in [0.15, 0.2) is 5.69 Å². The van der Waals surface area contributed by atoms with Gasteiger partial charge in [-0.3, -0.25) is 9.59 Å². The van der Waals surface area contributed by atoms with E-state index in [1.807, 2.05) is 0 Å². The Morgan fingerprint density at radius 1 is 1.32 bits per heavy atom. The fourth-order valence-electron chi connectivity index (χ4n) is 4.01. The number of alkyl halides is 3. The summed E-state index contributed by atoms with van der Waals surface area (Å²) in [6.07, 6.45) is -3.97. The molecular weight excluding hydrogens is 415 g/mol. The van der Waals surface area contributed by atoms with Crippen molar-refractivity contribution in [2.45, 2.75) is 38.5 Å². The number of carbonyl (C=O) groups is 2. The number of rotatable bonds is 3. The maximum Gasteiger partial charge on any atom is 0.391 e. The number of hydrogen-bond donors (Lipinski definition) is 1. The highest BCUT2D eigenvalue weighted by Crippen LogP contribution is 2.37. The third-order valence-corrected chi connectivity index (χ3v) is 6.01. The Kier molecular flexibility index (Phi) is 5.36. The van der Waals surface area contributed by atoms with E-state index in [4.69, 9.17) is 4.74 Å². The Hall–Kier alpha value is -3.11. The summed E-state index contributed by atoms with van der Waals surface area (Å²) >= 11 is 0. The molecule has 166 valence electrons. The number of nitrogens with zero attached hydrogens (tertiary/aromatic N) is 4. The zero-order chi connectivity index (χ0) is 22.3. The largest absolute Gasteiger partial charge is 0.489 e. The number of aromatic nitrogens is 3. The molecule has 31 heavy (non-hydrogen) atoms. The van der Waals surface area contributed by atoms with Crippen LogP contribution in [0.2, 0.25) is 0 Å². The zero-order valence-electron chi connectivity index (χ0n) is 17.0. The summed E-state index contributed by atoms with van der Waals surface area (Å²) in [5, 5.41) is 10.4. The third-order valence-electron chi connectivity index (χ3n) is 6.01. The van der Waals surface area contributed by atoms with Crippen molar-refractivity contribution >= 4 is 17.5 Å². The minimum absolute atomic E-state index is 0.0386. The molecule has 0 radical (unpaired) electrons. The van der Waals surface area contributed by atoms with Gasteiger partial charge in [-0.15, -0.1) is 5.10 Å². The molecule has 3 atom stereocenters. The number of likely N-dealkylation sites (N-methyl/N-ethyl adjacent to an activating group) is 1. The van der Waals surface area contributed by atoms with E-state index >= 15 is 0 Å². The van der Waals surface area contributed by atoms with Crippen molar-refractivity contribution in [3.8, 4) is 5.75 Å². The number of ether oxygens (including phenoxy) is 1. The molecular formula is C20H22F3N5O3. The highest BCUT2D eigenvalue weighted by molar-refractivity contribution is 6.03. The van der Waals surface area contributed by atoms with Crippen LogP contribution in [0.4, 0.5) is 18.9 Å². The van der Waals surface area contributed by atoms with Crippen molar-refractivity contribution in [2.75, 3.05) is 18.6 Å². The Morgan fingerprint density at radius 2 is 2.06 bits per heavy atom. The molecule has 8 nitrogen and oxygen atoms in total. The van der Waals surface area contributed by atoms with Crippen LogP contribution in [0.25, 0.3) is 0 Å². The molecule has 1 unspecified atom stereocenters. The molecule has 2 aliphatic heterocycles. The van der Waals surface area contributed by atoms with Crippen molar-refractivity contribution < 1.29 is 27.5 Å². The van der Waals surface area contributed by atoms with Crippen LogP contribution in [-0.4, -0.2) is 52.7 Å². The molecule has 1 N–H and O–H groups in total. The molecule has 3 heterocycles. The van der Waals surface area contributed by atoms with Crippen LogP contribution in [-0.2, 0) is 17.8 Å². The maximum atomic E-state index is 13.2. The number of nitrogens with one attached hydrogen (secondary N) is 1. The SMILES string of the molecule is CC([C@H]1CCn2nnc(C(=O)N[C@H]3COc4ccccc4N(C)C3=O)c2C1)C(F)(F)F. The van der Waals surface area contributed by atoms with Gasteiger partial charge in [0.2, 0.25) is 0 Å². The predicted octanol–water partition coefficient (Wildman–Crippen LogP) is 2.19. The fourth-order valence-corrected chi connectivity index (χ4v) is 4.01. The molecule has 0 saturated carbocycles. The number of amides is 2. The van der Waals surface area contributed by atoms with Crippen LogP contribution in [0.3, 0.4) is 0 Å². The summed E-state index contributed by atoms with van der Waals surface area (Å²) in [6, 6.07) is 6.02. The molecule has 0 aliphatic carbocycles. The molecule has 0 saturated heterocycles. The number of benzene rings is 1. The lowest BCUT2D eigenvalue weighted by Crippen LogP contribution is -2.49. The normalized spacial score (nSPS) is 22.1. The zero-order valence-corrected chi connectivity index (χ0v) is 17.0. The highest BCUT2D eigenvalue weighted by atomic mass is 19.4. The second kappa shape index (κ2) is 7.86. The lowest BCUT2D eigenvalue weighted by atomic mass is 9.84. The average molecular weight is 437 g/mol. The van der Waals surface area contributed by atoms with Crippen molar-refractivity contribution in [1.29, 1.82) is 0 Å². The average Bonchev–Trinajstić information content (AvgIpc) is 3.13. The first-order chi connectivity index (χ1) is 14.7. The summed E-state index contributed by atoms with van der Waals surface area (Å²) in [6.45, 7) is 1.33. The molecule has 0 spiro atoms. The molecule has 0 fully saturated rings. The summed E-state index contributed by atoms with van der Waals surface area (Å²) in [7, 11) is 1.58. The van der Waals surface area contributed by atoms with E-state index in [0.29, 0.717) is 23.6 Å². The quantitative estimate of drug-likeness (QED) is 0.795. The number of aryl methyl sites for hydroxylation is 1. The number of carbonyl (C=O) groups excluding carboxylic acids is 2. The van der Waals surface area contributed by atoms with Gasteiger partial charge in [-0.1, -0.05) is 24.3 Å². The molecule has 2 amide bonds. The lowest BCUT2D eigenvalue weighted by Gasteiger charge is -2.29. The molecule has 4 rings (SSSR count). The summed E-state index contributed by atoms with van der Waals surface area (Å²) in [5.74, 6) is -2.69. The molecule has 1 aromatic carbocycles. The minimum Gasteiger partial charge on any atom is -0.489 e. The fraction of sp³-hybridized carbons (Fsp3) is 0.500. The number of anilines is 1. The van der Waals surface area contributed by atoms with E-state index in [2.05, 4.69) is 15.6 Å². The standard InChI is InChI=1S/C20H22F3N5O3/c1-11(20(21,22)23)12-7-8-28-15(9-12)17(25-26-28)18(29)24-13-10-31-16-6-4-3-5-14(16)27(2)19(13)30/h3-6,11-13H,7-10H2,1-2H3,(H,24,29)/t11?,12-,13-/m0/s1. The van der Waals surface area contributed by atoms with E-state index < -0.39 is 30.0 Å². The van der Waals surface area contributed by atoms with Crippen LogP contribution in [0.1, 0.15) is 29.5 Å². The van der Waals surface area contributed by atoms with Crippen LogP contribution >= 0.6 is 0 Å². The topological polar surface area (TPSA) is 89.3 Å². The Labute approximate surface area is 176 Å². The van der Waals surface area contributed by atoms with E-state index in [1.54, 1.807) is 31.3 Å². The monoisotopic (exact) mass is 437 g/mol. The molecule has 11 heteroatoms. The number of fused-ring (bicyclic) bond motifs is 2. The van der Waals surface area contributed by atoms with Crippen LogP contribution in [0.5, 0.6) is 5.75 Å². The van der Waals surface area contributed by atoms with Gasteiger partial charge in [0, 0.05) is 13.6 Å². The first-order valence-electron chi connectivity index (χ1n) is 9.96. The van der Waals surface area contributed by atoms with E-state index in [0.717, 1.165) is 6.92 Å². The Balaban J connectivity index is 1.51. The van der Waals surface area contributed by atoms with Crippen molar-refractivity contribution in [1.82, 2.24) is 20.3 Å². The second-order valence-corrected chi connectivity index (χ2v) is 7.89. The van der Waals surface area contributed by atoms with E-state index in [9.17, 15) is 22.8 Å². The molecule has 1 aromatic heterocycles. The Morgan fingerprint density at radius 3 is 2.81 bits per heavy atom. The second-order valence-electron chi connectivity index (χ2n) is 7.89. The molecule has 2 aliphatic rings. The third kappa shape index (κ3) is 3.96. The van der Waals surface area contributed by atoms with Crippen molar-refractivity contribution in [2.24, 2.45) is 11.8 Å². The van der Waals surface area contributed by atoms with Crippen LogP contribution < -0.4 is 15.0 Å². The van der Waals surface area contributed by atoms with Crippen molar-refractivity contribution in [3.05, 3.63) is 35.7 Å². The maximum absolute atomic E-state index is 13.2. The number of halogens is 3. The van der Waals surface area contributed by atoms with Gasteiger partial charge >= 0.3 is 6.18 Å². The van der Waals surface area contributed by atoms with Gasteiger partial charge in [-0.05, 0) is 30.9 Å². The highest BCUT2D eigenvalue weighted by Gasteiger charge is 2.43. The Bertz CT molecular complexity index is 1010. The van der Waals surface area contributed by atoms with Gasteiger partial charge < -0.3 is 15.0 Å². The van der Waals surface area contributed by atoms with Gasteiger partial charge in [-0.2, -0.15) is 13.2 Å². The van der Waals surface area contributed by atoms with E-state index in [-0.39, 0.29) is 31.2 Å². The number of para-hydroxylation sites is 2. The van der Waals surface area contributed by atoms with Gasteiger partial charge in [0.1, 0.15) is 18.4 Å². The van der Waals surface area contributed by atoms with Crippen LogP contribution in [0, 0.1) is 11.8 Å². The molecule has 2 aromatic rings. The smallest absolute Gasteiger partial charge is 0.391 e.